The first-order valence-electron chi connectivity index (χ1n) is 6.55. The van der Waals surface area contributed by atoms with Crippen LogP contribution in [0.5, 0.6) is 5.75 Å². The fourth-order valence-electron chi connectivity index (χ4n) is 3.21. The summed E-state index contributed by atoms with van der Waals surface area (Å²) in [5, 5.41) is 0. The lowest BCUT2D eigenvalue weighted by Gasteiger charge is -2.47. The third kappa shape index (κ3) is 1.44. The quantitative estimate of drug-likeness (QED) is 0.889. The van der Waals surface area contributed by atoms with Crippen molar-refractivity contribution in [2.75, 3.05) is 20.3 Å². The van der Waals surface area contributed by atoms with E-state index in [2.05, 4.69) is 26.0 Å². The van der Waals surface area contributed by atoms with Crippen molar-refractivity contribution in [2.45, 2.75) is 37.6 Å². The summed E-state index contributed by atoms with van der Waals surface area (Å²) in [5.74, 6) is 0.987. The number of ether oxygens (including phenoxy) is 2. The van der Waals surface area contributed by atoms with E-state index in [0.717, 1.165) is 31.8 Å². The minimum absolute atomic E-state index is 0.0326. The van der Waals surface area contributed by atoms with Crippen LogP contribution in [0, 0.1) is 13.8 Å². The van der Waals surface area contributed by atoms with Crippen molar-refractivity contribution in [1.29, 1.82) is 0 Å². The molecule has 0 radical (unpaired) electrons. The summed E-state index contributed by atoms with van der Waals surface area (Å²) in [6.45, 7) is 5.67. The molecule has 18 heavy (non-hydrogen) atoms. The maximum Gasteiger partial charge on any atom is 0.125 e. The van der Waals surface area contributed by atoms with Gasteiger partial charge in [0.2, 0.25) is 0 Å². The molecule has 3 rings (SSSR count). The standard InChI is InChI=1S/C15H21NO2/c1-10-6-11(2)13(17-3)12(7-10)14(8-18-9-14)15(16)4-5-15/h6-7H,4-5,8-9,16H2,1-3H3. The zero-order valence-electron chi connectivity index (χ0n) is 11.4. The van der Waals surface area contributed by atoms with E-state index in [0.29, 0.717) is 0 Å². The molecule has 0 unspecified atom stereocenters. The predicted octanol–water partition coefficient (Wildman–Crippen LogP) is 2.07. The minimum atomic E-state index is -0.0846. The highest BCUT2D eigenvalue weighted by molar-refractivity contribution is 5.52. The van der Waals surface area contributed by atoms with Crippen LogP contribution in [0.4, 0.5) is 0 Å². The Bertz CT molecular complexity index is 488. The molecular weight excluding hydrogens is 226 g/mol. The molecule has 0 amide bonds. The number of nitrogens with two attached hydrogens (primary N) is 1. The van der Waals surface area contributed by atoms with Crippen molar-refractivity contribution in [3.05, 3.63) is 28.8 Å². The maximum absolute atomic E-state index is 6.51. The third-order valence-electron chi connectivity index (χ3n) is 4.58. The van der Waals surface area contributed by atoms with Crippen LogP contribution < -0.4 is 10.5 Å². The Morgan fingerprint density at radius 1 is 1.22 bits per heavy atom. The first-order valence-corrected chi connectivity index (χ1v) is 6.55. The van der Waals surface area contributed by atoms with E-state index in [9.17, 15) is 0 Å². The van der Waals surface area contributed by atoms with E-state index in [4.69, 9.17) is 15.2 Å². The average molecular weight is 247 g/mol. The molecule has 0 bridgehead atoms. The molecule has 2 N–H and O–H groups in total. The van der Waals surface area contributed by atoms with Gasteiger partial charge in [0.15, 0.2) is 0 Å². The van der Waals surface area contributed by atoms with Gasteiger partial charge in [-0.3, -0.25) is 0 Å². The summed E-state index contributed by atoms with van der Waals surface area (Å²) >= 11 is 0. The SMILES string of the molecule is COc1c(C)cc(C)cc1C1(C2(N)CC2)COC1. The molecule has 1 aromatic carbocycles. The molecule has 1 heterocycles. The number of hydrogen-bond donors (Lipinski definition) is 1. The lowest BCUT2D eigenvalue weighted by Crippen LogP contribution is -2.60. The predicted molar refractivity (Wildman–Crippen MR) is 71.1 cm³/mol. The summed E-state index contributed by atoms with van der Waals surface area (Å²) in [6.07, 6.45) is 2.18. The zero-order valence-corrected chi connectivity index (χ0v) is 11.4. The number of rotatable bonds is 3. The van der Waals surface area contributed by atoms with Gasteiger partial charge in [-0.15, -0.1) is 0 Å². The van der Waals surface area contributed by atoms with Crippen LogP contribution in [0.2, 0.25) is 0 Å². The second-order valence-electron chi connectivity index (χ2n) is 5.89. The zero-order chi connectivity index (χ0) is 13.0. The van der Waals surface area contributed by atoms with Crippen molar-refractivity contribution in [3.63, 3.8) is 0 Å². The van der Waals surface area contributed by atoms with Crippen LogP contribution in [-0.2, 0) is 10.2 Å². The molecule has 3 nitrogen and oxygen atoms in total. The van der Waals surface area contributed by atoms with Crippen molar-refractivity contribution in [1.82, 2.24) is 0 Å². The van der Waals surface area contributed by atoms with Crippen LogP contribution in [0.15, 0.2) is 12.1 Å². The van der Waals surface area contributed by atoms with Crippen LogP contribution in [0.1, 0.15) is 29.5 Å². The summed E-state index contributed by atoms with van der Waals surface area (Å²) in [6, 6.07) is 4.38. The van der Waals surface area contributed by atoms with E-state index < -0.39 is 0 Å². The third-order valence-corrected chi connectivity index (χ3v) is 4.58. The molecule has 3 heteroatoms. The molecule has 1 aliphatic heterocycles. The Morgan fingerprint density at radius 2 is 1.89 bits per heavy atom. The number of hydrogen-bond acceptors (Lipinski definition) is 3. The van der Waals surface area contributed by atoms with Crippen LogP contribution in [0.25, 0.3) is 0 Å². The smallest absolute Gasteiger partial charge is 0.125 e. The molecule has 1 saturated heterocycles. The van der Waals surface area contributed by atoms with Crippen molar-refractivity contribution in [2.24, 2.45) is 5.73 Å². The normalized spacial score (nSPS) is 23.3. The van der Waals surface area contributed by atoms with Gasteiger partial charge in [0, 0.05) is 11.1 Å². The van der Waals surface area contributed by atoms with E-state index in [1.807, 2.05) is 0 Å². The molecule has 0 spiro atoms. The Hall–Kier alpha value is -1.06. The van der Waals surface area contributed by atoms with Gasteiger partial charge in [-0.05, 0) is 32.3 Å². The highest BCUT2D eigenvalue weighted by atomic mass is 16.5. The molecule has 1 aromatic rings. The molecule has 1 saturated carbocycles. The highest BCUT2D eigenvalue weighted by Gasteiger charge is 2.62. The number of benzene rings is 1. The van der Waals surface area contributed by atoms with Crippen LogP contribution >= 0.6 is 0 Å². The fourth-order valence-corrected chi connectivity index (χ4v) is 3.21. The van der Waals surface area contributed by atoms with Gasteiger partial charge < -0.3 is 15.2 Å². The monoisotopic (exact) mass is 247 g/mol. The molecule has 2 fully saturated rings. The molecule has 98 valence electrons. The molecule has 1 aliphatic carbocycles. The second-order valence-corrected chi connectivity index (χ2v) is 5.89. The van der Waals surface area contributed by atoms with Gasteiger partial charge >= 0.3 is 0 Å². The van der Waals surface area contributed by atoms with Crippen molar-refractivity contribution < 1.29 is 9.47 Å². The molecular formula is C15H21NO2. The van der Waals surface area contributed by atoms with Crippen molar-refractivity contribution in [3.8, 4) is 5.75 Å². The molecule has 2 aliphatic rings. The summed E-state index contributed by atoms with van der Waals surface area (Å²) in [4.78, 5) is 0. The van der Waals surface area contributed by atoms with Gasteiger partial charge in [0.1, 0.15) is 5.75 Å². The second kappa shape index (κ2) is 3.72. The van der Waals surface area contributed by atoms with Gasteiger partial charge in [-0.2, -0.15) is 0 Å². The topological polar surface area (TPSA) is 44.5 Å². The number of methoxy groups -OCH3 is 1. The lowest BCUT2D eigenvalue weighted by molar-refractivity contribution is -0.0795. The highest BCUT2D eigenvalue weighted by Crippen LogP contribution is 2.55. The largest absolute Gasteiger partial charge is 0.496 e. The van der Waals surface area contributed by atoms with E-state index in [1.54, 1.807) is 7.11 Å². The average Bonchev–Trinajstić information content (AvgIpc) is 2.95. The van der Waals surface area contributed by atoms with E-state index >= 15 is 0 Å². The van der Waals surface area contributed by atoms with Crippen LogP contribution in [-0.4, -0.2) is 25.9 Å². The van der Waals surface area contributed by atoms with Gasteiger partial charge in [-0.1, -0.05) is 17.7 Å². The van der Waals surface area contributed by atoms with Gasteiger partial charge in [0.25, 0.3) is 0 Å². The van der Waals surface area contributed by atoms with Gasteiger partial charge in [-0.25, -0.2) is 0 Å². The first-order chi connectivity index (χ1) is 8.52. The van der Waals surface area contributed by atoms with Crippen LogP contribution in [0.3, 0.4) is 0 Å². The van der Waals surface area contributed by atoms with Crippen molar-refractivity contribution >= 4 is 0 Å². The fraction of sp³-hybridized carbons (Fsp3) is 0.600. The Labute approximate surface area is 108 Å². The Kier molecular flexibility index (Phi) is 2.48. The summed E-state index contributed by atoms with van der Waals surface area (Å²) in [7, 11) is 1.74. The molecule has 0 aromatic heterocycles. The maximum atomic E-state index is 6.51. The summed E-state index contributed by atoms with van der Waals surface area (Å²) in [5.41, 5.74) is 10.1. The number of aryl methyl sites for hydroxylation is 2. The Balaban J connectivity index is 2.16. The van der Waals surface area contributed by atoms with E-state index in [1.165, 1.54) is 16.7 Å². The van der Waals surface area contributed by atoms with E-state index in [-0.39, 0.29) is 11.0 Å². The molecule has 0 atom stereocenters. The first kappa shape index (κ1) is 12.0. The minimum Gasteiger partial charge on any atom is -0.496 e. The van der Waals surface area contributed by atoms with Gasteiger partial charge in [0.05, 0.1) is 25.7 Å². The Morgan fingerprint density at radius 3 is 2.33 bits per heavy atom. The summed E-state index contributed by atoms with van der Waals surface area (Å²) < 4.78 is 11.1. The lowest BCUT2D eigenvalue weighted by atomic mass is 9.69.